The number of amidine groups is 1. The Bertz CT molecular complexity index is 1660. The second kappa shape index (κ2) is 11.7. The summed E-state index contributed by atoms with van der Waals surface area (Å²) < 4.78 is 2.33. The fraction of sp³-hybridized carbons (Fsp3) is 0.367. The van der Waals surface area contributed by atoms with E-state index in [0.29, 0.717) is 41.1 Å². The molecule has 2 N–H and O–H groups in total. The Morgan fingerprint density at radius 1 is 1.00 bits per heavy atom. The van der Waals surface area contributed by atoms with E-state index in [1.807, 2.05) is 29.2 Å². The molecule has 2 heterocycles. The lowest BCUT2D eigenvalue weighted by molar-refractivity contribution is -0.129. The summed E-state index contributed by atoms with van der Waals surface area (Å²) in [6.45, 7) is 5.16. The summed E-state index contributed by atoms with van der Waals surface area (Å²) in [5.41, 5.74) is 9.27. The van der Waals surface area contributed by atoms with E-state index in [0.717, 1.165) is 34.1 Å². The molecule has 2 amide bonds. The van der Waals surface area contributed by atoms with Gasteiger partial charge in [0.25, 0.3) is 5.56 Å². The van der Waals surface area contributed by atoms with Crippen LogP contribution < -0.4 is 17.0 Å². The third-order valence-corrected chi connectivity index (χ3v) is 7.02. The van der Waals surface area contributed by atoms with Crippen LogP contribution in [0.4, 0.5) is 5.69 Å². The number of carbonyl (C=O) groups is 2. The van der Waals surface area contributed by atoms with E-state index in [4.69, 9.17) is 5.73 Å². The van der Waals surface area contributed by atoms with Crippen molar-refractivity contribution in [2.24, 2.45) is 17.8 Å². The van der Waals surface area contributed by atoms with Gasteiger partial charge in [0.2, 0.25) is 11.8 Å². The first-order valence-corrected chi connectivity index (χ1v) is 13.5. The molecule has 40 heavy (non-hydrogen) atoms. The molecule has 0 unspecified atom stereocenters. The maximum atomic E-state index is 13.3. The first-order chi connectivity index (χ1) is 19.0. The van der Waals surface area contributed by atoms with E-state index in [1.165, 1.54) is 9.47 Å². The Balaban J connectivity index is 1.75. The molecule has 0 aliphatic carbocycles. The third kappa shape index (κ3) is 5.61. The average molecular weight is 545 g/mol. The highest BCUT2D eigenvalue weighted by Crippen LogP contribution is 2.33. The summed E-state index contributed by atoms with van der Waals surface area (Å²) in [7, 11) is 4.73. The minimum atomic E-state index is -0.563. The normalized spacial score (nSPS) is 12.8. The molecule has 10 nitrogen and oxygen atoms in total. The largest absolute Gasteiger partial charge is 0.387 e. The van der Waals surface area contributed by atoms with Crippen molar-refractivity contribution in [2.45, 2.75) is 39.7 Å². The molecule has 0 saturated carbocycles. The standard InChI is InChI=1S/C30H36N6O4/c1-6-12-35(13-7-2)28(38)22-14-21-9-8-19(15-24(21)32-26(31)17-22)20-10-11-23-25(16-20)34(5)30(40)36(29(23)39)18-27(37)33(3)4/h8-11,14-16H,6-7,12-13,17-18H2,1-5H3,(H2,31,32). The number of nitrogens with zero attached hydrogens (tertiary/aromatic N) is 5. The summed E-state index contributed by atoms with van der Waals surface area (Å²) in [5.74, 6) is -0.00773. The van der Waals surface area contributed by atoms with Gasteiger partial charge < -0.3 is 15.5 Å². The maximum Gasteiger partial charge on any atom is 0.331 e. The number of likely N-dealkylation sites (N-methyl/N-ethyl adjacent to an activating group) is 1. The predicted molar refractivity (Wildman–Crippen MR) is 159 cm³/mol. The van der Waals surface area contributed by atoms with Gasteiger partial charge in [-0.25, -0.2) is 9.79 Å². The number of hydrogen-bond acceptors (Lipinski definition) is 6. The minimum absolute atomic E-state index is 0.0211. The minimum Gasteiger partial charge on any atom is -0.387 e. The van der Waals surface area contributed by atoms with Crippen LogP contribution in [0.25, 0.3) is 28.1 Å². The van der Waals surface area contributed by atoms with Crippen LogP contribution in [0.2, 0.25) is 0 Å². The molecule has 0 radical (unpaired) electrons. The lowest BCUT2D eigenvalue weighted by Gasteiger charge is -2.22. The van der Waals surface area contributed by atoms with Crippen LogP contribution in [0, 0.1) is 0 Å². The van der Waals surface area contributed by atoms with E-state index in [1.54, 1.807) is 39.3 Å². The maximum absolute atomic E-state index is 13.3. The fourth-order valence-corrected chi connectivity index (χ4v) is 4.87. The zero-order chi connectivity index (χ0) is 29.1. The van der Waals surface area contributed by atoms with Gasteiger partial charge in [0.05, 0.1) is 16.6 Å². The number of amides is 2. The SMILES string of the molecule is CCCN(CCC)C(=O)C1=Cc2ccc(-c3ccc4c(=O)n(CC(=O)N(C)C)c(=O)n(C)c4c3)cc2N=C(N)C1. The van der Waals surface area contributed by atoms with Crippen molar-refractivity contribution in [3.8, 4) is 11.1 Å². The number of hydrogen-bond donors (Lipinski definition) is 1. The van der Waals surface area contributed by atoms with Crippen LogP contribution in [-0.2, 0) is 23.2 Å². The molecular formula is C30H36N6O4. The van der Waals surface area contributed by atoms with E-state index in [9.17, 15) is 19.2 Å². The molecule has 3 aromatic rings. The van der Waals surface area contributed by atoms with Crippen LogP contribution in [0.5, 0.6) is 0 Å². The molecule has 4 rings (SSSR count). The van der Waals surface area contributed by atoms with Gasteiger partial charge in [-0.2, -0.15) is 0 Å². The molecule has 1 aliphatic rings. The quantitative estimate of drug-likeness (QED) is 0.467. The van der Waals surface area contributed by atoms with Crippen molar-refractivity contribution >= 4 is 40.3 Å². The zero-order valence-corrected chi connectivity index (χ0v) is 23.7. The monoisotopic (exact) mass is 544 g/mol. The van der Waals surface area contributed by atoms with E-state index >= 15 is 0 Å². The number of aliphatic imine (C=N–C) groups is 1. The van der Waals surface area contributed by atoms with Crippen molar-refractivity contribution in [2.75, 3.05) is 27.2 Å². The topological polar surface area (TPSA) is 123 Å². The summed E-state index contributed by atoms with van der Waals surface area (Å²) >= 11 is 0. The Kier molecular flexibility index (Phi) is 8.37. The second-order valence-electron chi connectivity index (χ2n) is 10.3. The van der Waals surface area contributed by atoms with Crippen molar-refractivity contribution in [3.63, 3.8) is 0 Å². The molecular weight excluding hydrogens is 508 g/mol. The molecule has 1 aromatic heterocycles. The van der Waals surface area contributed by atoms with Crippen LogP contribution in [0.1, 0.15) is 38.7 Å². The molecule has 0 saturated heterocycles. The molecule has 0 bridgehead atoms. The number of rotatable bonds is 8. The Hall–Kier alpha value is -4.47. The van der Waals surface area contributed by atoms with Gasteiger partial charge in [0.1, 0.15) is 12.4 Å². The highest BCUT2D eigenvalue weighted by Gasteiger charge is 2.21. The summed E-state index contributed by atoms with van der Waals surface area (Å²) in [6, 6.07) is 11.0. The molecule has 1 aliphatic heterocycles. The van der Waals surface area contributed by atoms with Gasteiger partial charge >= 0.3 is 5.69 Å². The average Bonchev–Trinajstić information content (AvgIpc) is 3.10. The molecule has 2 aromatic carbocycles. The molecule has 210 valence electrons. The van der Waals surface area contributed by atoms with Gasteiger partial charge in [-0.3, -0.25) is 23.5 Å². The van der Waals surface area contributed by atoms with Gasteiger partial charge in [0.15, 0.2) is 0 Å². The van der Waals surface area contributed by atoms with Crippen molar-refractivity contribution < 1.29 is 9.59 Å². The first-order valence-electron chi connectivity index (χ1n) is 13.5. The lowest BCUT2D eigenvalue weighted by Crippen LogP contribution is -2.43. The van der Waals surface area contributed by atoms with Gasteiger partial charge in [-0.05, 0) is 48.2 Å². The van der Waals surface area contributed by atoms with Gasteiger partial charge in [-0.1, -0.05) is 32.0 Å². The van der Waals surface area contributed by atoms with Crippen molar-refractivity contribution in [3.05, 3.63) is 68.4 Å². The Morgan fingerprint density at radius 2 is 1.65 bits per heavy atom. The number of carbonyl (C=O) groups excluding carboxylic acids is 2. The molecule has 0 spiro atoms. The molecule has 0 atom stereocenters. The fourth-order valence-electron chi connectivity index (χ4n) is 4.87. The van der Waals surface area contributed by atoms with E-state index < -0.39 is 11.2 Å². The van der Waals surface area contributed by atoms with E-state index in [-0.39, 0.29) is 24.8 Å². The molecule has 10 heteroatoms. The van der Waals surface area contributed by atoms with Crippen LogP contribution in [-0.4, -0.2) is 63.8 Å². The van der Waals surface area contributed by atoms with E-state index in [2.05, 4.69) is 18.8 Å². The van der Waals surface area contributed by atoms with Crippen molar-refractivity contribution in [1.29, 1.82) is 0 Å². The summed E-state index contributed by atoms with van der Waals surface area (Å²) in [5, 5.41) is 0.337. The van der Waals surface area contributed by atoms with Crippen LogP contribution >= 0.6 is 0 Å². The smallest absolute Gasteiger partial charge is 0.331 e. The zero-order valence-electron chi connectivity index (χ0n) is 23.7. The Morgan fingerprint density at radius 3 is 2.30 bits per heavy atom. The number of fused-ring (bicyclic) bond motifs is 2. The number of aryl methyl sites for hydroxylation is 1. The second-order valence-corrected chi connectivity index (χ2v) is 10.3. The third-order valence-electron chi connectivity index (χ3n) is 7.02. The summed E-state index contributed by atoms with van der Waals surface area (Å²) in [6.07, 6.45) is 3.89. The Labute approximate surface area is 233 Å². The highest BCUT2D eigenvalue weighted by atomic mass is 16.2. The van der Waals surface area contributed by atoms with Crippen LogP contribution in [0.3, 0.4) is 0 Å². The number of nitrogens with two attached hydrogens (primary N) is 1. The predicted octanol–water partition coefficient (Wildman–Crippen LogP) is 2.88. The number of benzene rings is 2. The lowest BCUT2D eigenvalue weighted by atomic mass is 10.00. The van der Waals surface area contributed by atoms with Gasteiger partial charge in [-0.15, -0.1) is 0 Å². The van der Waals surface area contributed by atoms with Crippen LogP contribution in [0.15, 0.2) is 56.6 Å². The summed E-state index contributed by atoms with van der Waals surface area (Å²) in [4.78, 5) is 59.3. The molecule has 0 fully saturated rings. The first kappa shape index (κ1) is 28.5. The highest BCUT2D eigenvalue weighted by molar-refractivity contribution is 6.05. The van der Waals surface area contributed by atoms with Crippen molar-refractivity contribution in [1.82, 2.24) is 18.9 Å². The number of aromatic nitrogens is 2. The van der Waals surface area contributed by atoms with Gasteiger partial charge in [0, 0.05) is 51.8 Å².